The molecule has 1 aliphatic carbocycles. The molecule has 0 radical (unpaired) electrons. The lowest BCUT2D eigenvalue weighted by Crippen LogP contribution is -2.43. The summed E-state index contributed by atoms with van der Waals surface area (Å²) in [5.74, 6) is 0.403. The molecule has 14 heavy (non-hydrogen) atoms. The van der Waals surface area contributed by atoms with E-state index >= 15 is 0 Å². The molecule has 1 aliphatic rings. The predicted octanol–water partition coefficient (Wildman–Crippen LogP) is 4.21. The number of rotatable bonds is 1. The molecule has 1 nitrogen and oxygen atoms in total. The average Bonchev–Trinajstić information content (AvgIpc) is 2.03. The molecule has 0 bridgehead atoms. The largest absolute Gasteiger partial charge is 0.299 e. The minimum Gasteiger partial charge on any atom is -0.299 e. The summed E-state index contributed by atoms with van der Waals surface area (Å²) in [6.45, 7) is 8.40. The lowest BCUT2D eigenvalue weighted by Gasteiger charge is -2.45. The minimum atomic E-state index is -0.0226. The molecular formula is C13H26O. The van der Waals surface area contributed by atoms with Gasteiger partial charge in [0.2, 0.25) is 0 Å². The quantitative estimate of drug-likeness (QED) is 0.617. The van der Waals surface area contributed by atoms with Gasteiger partial charge in [0.1, 0.15) is 5.78 Å². The zero-order valence-electron chi connectivity index (χ0n) is 9.44. The van der Waals surface area contributed by atoms with Crippen molar-refractivity contribution in [3.8, 4) is 0 Å². The number of ketones is 1. The third kappa shape index (κ3) is 2.18. The van der Waals surface area contributed by atoms with Gasteiger partial charge in [-0.1, -0.05) is 47.5 Å². The Bertz CT molecular complexity index is 192. The Labute approximate surface area is 89.3 Å². The Kier molecular flexibility index (Phi) is 4.35. The maximum Gasteiger partial charge on any atom is 0.136 e. The number of Topliss-reactive ketones (excluding diaryl/α,β-unsaturated/α-hetero) is 1. The Balaban J connectivity index is 0.00000169. The topological polar surface area (TPSA) is 17.1 Å². The average molecular weight is 198 g/mol. The maximum atomic E-state index is 11.8. The van der Waals surface area contributed by atoms with Gasteiger partial charge in [-0.3, -0.25) is 4.79 Å². The smallest absolute Gasteiger partial charge is 0.136 e. The third-order valence-electron chi connectivity index (χ3n) is 3.82. The monoisotopic (exact) mass is 198 g/mol. The number of carbonyl (C=O) groups excluding carboxylic acids is 1. The van der Waals surface area contributed by atoms with Gasteiger partial charge in [-0.2, -0.15) is 0 Å². The van der Waals surface area contributed by atoms with Gasteiger partial charge in [0.05, 0.1) is 0 Å². The van der Waals surface area contributed by atoms with Crippen LogP contribution in [-0.4, -0.2) is 5.78 Å². The predicted molar refractivity (Wildman–Crippen MR) is 62.4 cm³/mol. The lowest BCUT2D eigenvalue weighted by molar-refractivity contribution is -0.135. The second kappa shape index (κ2) is 4.46. The van der Waals surface area contributed by atoms with Crippen molar-refractivity contribution in [1.82, 2.24) is 0 Å². The van der Waals surface area contributed by atoms with Crippen molar-refractivity contribution in [2.24, 2.45) is 10.8 Å². The van der Waals surface area contributed by atoms with Gasteiger partial charge in [-0.25, -0.2) is 0 Å². The van der Waals surface area contributed by atoms with E-state index in [-0.39, 0.29) is 18.3 Å². The molecule has 0 spiro atoms. The number of hydrogen-bond acceptors (Lipinski definition) is 1. The standard InChI is InChI=1S/C12H22O.CH4/c1-10(13)12(11(2,3)4)8-6-5-7-9-12;/h5-9H2,1-4H3;1H4. The minimum absolute atomic E-state index is 0. The van der Waals surface area contributed by atoms with E-state index in [1.54, 1.807) is 6.92 Å². The van der Waals surface area contributed by atoms with Crippen molar-refractivity contribution in [1.29, 1.82) is 0 Å². The molecule has 0 unspecified atom stereocenters. The van der Waals surface area contributed by atoms with Crippen LogP contribution in [0.1, 0.15) is 67.2 Å². The summed E-state index contributed by atoms with van der Waals surface area (Å²) < 4.78 is 0. The van der Waals surface area contributed by atoms with Gasteiger partial charge in [-0.15, -0.1) is 0 Å². The van der Waals surface area contributed by atoms with Crippen LogP contribution in [0.5, 0.6) is 0 Å². The molecule has 0 N–H and O–H groups in total. The van der Waals surface area contributed by atoms with Gasteiger partial charge < -0.3 is 0 Å². The first kappa shape index (κ1) is 13.7. The Morgan fingerprint density at radius 1 is 1.07 bits per heavy atom. The molecule has 0 aromatic heterocycles. The molecular weight excluding hydrogens is 172 g/mol. The second-order valence-corrected chi connectivity index (χ2v) is 5.45. The summed E-state index contributed by atoms with van der Waals surface area (Å²) in [7, 11) is 0. The molecule has 0 amide bonds. The van der Waals surface area contributed by atoms with E-state index in [1.807, 2.05) is 0 Å². The fraction of sp³-hybridized carbons (Fsp3) is 0.923. The molecule has 1 heteroatoms. The fourth-order valence-corrected chi connectivity index (χ4v) is 2.79. The van der Waals surface area contributed by atoms with Crippen molar-refractivity contribution >= 4 is 5.78 Å². The zero-order valence-corrected chi connectivity index (χ0v) is 9.44. The second-order valence-electron chi connectivity index (χ2n) is 5.45. The van der Waals surface area contributed by atoms with Crippen LogP contribution in [0.2, 0.25) is 0 Å². The third-order valence-corrected chi connectivity index (χ3v) is 3.82. The van der Waals surface area contributed by atoms with E-state index in [0.717, 1.165) is 12.8 Å². The molecule has 0 saturated heterocycles. The SMILES string of the molecule is C.CC(=O)C1(C(C)(C)C)CCCCC1. The molecule has 0 aromatic rings. The normalized spacial score (nSPS) is 21.1. The van der Waals surface area contributed by atoms with Crippen molar-refractivity contribution in [2.75, 3.05) is 0 Å². The first-order chi connectivity index (χ1) is 5.90. The first-order valence-electron chi connectivity index (χ1n) is 5.41. The fourth-order valence-electron chi connectivity index (χ4n) is 2.79. The Hall–Kier alpha value is -0.330. The van der Waals surface area contributed by atoms with E-state index in [9.17, 15) is 4.79 Å². The first-order valence-corrected chi connectivity index (χ1v) is 5.41. The molecule has 0 aromatic carbocycles. The highest BCUT2D eigenvalue weighted by Gasteiger charge is 2.46. The molecule has 0 aliphatic heterocycles. The van der Waals surface area contributed by atoms with Gasteiger partial charge in [0.15, 0.2) is 0 Å². The number of carbonyl (C=O) groups is 1. The Morgan fingerprint density at radius 3 is 1.71 bits per heavy atom. The van der Waals surface area contributed by atoms with Crippen LogP contribution >= 0.6 is 0 Å². The Morgan fingerprint density at radius 2 is 1.50 bits per heavy atom. The molecule has 0 heterocycles. The van der Waals surface area contributed by atoms with Gasteiger partial charge in [0, 0.05) is 5.41 Å². The molecule has 0 atom stereocenters. The van der Waals surface area contributed by atoms with Crippen molar-refractivity contribution in [3.05, 3.63) is 0 Å². The molecule has 84 valence electrons. The van der Waals surface area contributed by atoms with Crippen LogP contribution < -0.4 is 0 Å². The van der Waals surface area contributed by atoms with Crippen molar-refractivity contribution < 1.29 is 4.79 Å². The van der Waals surface area contributed by atoms with Crippen LogP contribution in [0.3, 0.4) is 0 Å². The van der Waals surface area contributed by atoms with Crippen LogP contribution in [0.25, 0.3) is 0 Å². The highest BCUT2D eigenvalue weighted by atomic mass is 16.1. The summed E-state index contributed by atoms with van der Waals surface area (Å²) in [5, 5.41) is 0. The highest BCUT2D eigenvalue weighted by molar-refractivity contribution is 5.83. The zero-order chi connectivity index (χ0) is 10.1. The van der Waals surface area contributed by atoms with Crippen molar-refractivity contribution in [2.45, 2.75) is 67.2 Å². The highest BCUT2D eigenvalue weighted by Crippen LogP contribution is 2.50. The van der Waals surface area contributed by atoms with Gasteiger partial charge in [0.25, 0.3) is 0 Å². The van der Waals surface area contributed by atoms with Crippen LogP contribution in [0.4, 0.5) is 0 Å². The number of hydrogen-bond donors (Lipinski definition) is 0. The summed E-state index contributed by atoms with van der Waals surface area (Å²) in [5.41, 5.74) is 0.116. The van der Waals surface area contributed by atoms with E-state index < -0.39 is 0 Å². The summed E-state index contributed by atoms with van der Waals surface area (Å²) in [6, 6.07) is 0. The molecule has 1 saturated carbocycles. The van der Waals surface area contributed by atoms with Gasteiger partial charge >= 0.3 is 0 Å². The van der Waals surface area contributed by atoms with Gasteiger partial charge in [-0.05, 0) is 25.2 Å². The van der Waals surface area contributed by atoms with Crippen LogP contribution in [0.15, 0.2) is 0 Å². The van der Waals surface area contributed by atoms with Crippen LogP contribution in [-0.2, 0) is 4.79 Å². The summed E-state index contributed by atoms with van der Waals surface area (Å²) in [6.07, 6.45) is 5.98. The van der Waals surface area contributed by atoms with E-state index in [1.165, 1.54) is 19.3 Å². The maximum absolute atomic E-state index is 11.8. The summed E-state index contributed by atoms with van der Waals surface area (Å²) in [4.78, 5) is 11.8. The van der Waals surface area contributed by atoms with E-state index in [4.69, 9.17) is 0 Å². The van der Waals surface area contributed by atoms with E-state index in [0.29, 0.717) is 5.78 Å². The molecule has 1 fully saturated rings. The lowest BCUT2D eigenvalue weighted by atomic mass is 9.57. The van der Waals surface area contributed by atoms with Crippen molar-refractivity contribution in [3.63, 3.8) is 0 Å². The van der Waals surface area contributed by atoms with Crippen LogP contribution in [0, 0.1) is 10.8 Å². The van der Waals surface area contributed by atoms with E-state index in [2.05, 4.69) is 20.8 Å². The summed E-state index contributed by atoms with van der Waals surface area (Å²) >= 11 is 0. The molecule has 1 rings (SSSR count).